The highest BCUT2D eigenvalue weighted by atomic mass is 16.5. The summed E-state index contributed by atoms with van der Waals surface area (Å²) in [6.07, 6.45) is 5.58. The van der Waals surface area contributed by atoms with Crippen LogP contribution < -0.4 is 0 Å². The van der Waals surface area contributed by atoms with Gasteiger partial charge in [0.1, 0.15) is 5.69 Å². The predicted molar refractivity (Wildman–Crippen MR) is 64.2 cm³/mol. The maximum atomic E-state index is 5.40. The Labute approximate surface area is 105 Å². The lowest BCUT2D eigenvalue weighted by atomic mass is 10.1. The van der Waals surface area contributed by atoms with Crippen molar-refractivity contribution in [1.82, 2.24) is 14.7 Å². The third-order valence-corrected chi connectivity index (χ3v) is 3.67. The Morgan fingerprint density at radius 1 is 1.28 bits per heavy atom. The van der Waals surface area contributed by atoms with Crippen molar-refractivity contribution in [2.24, 2.45) is 0 Å². The van der Waals surface area contributed by atoms with Crippen molar-refractivity contribution in [3.05, 3.63) is 24.2 Å². The molecule has 1 aliphatic heterocycles. The zero-order valence-electron chi connectivity index (χ0n) is 10.1. The molecule has 0 N–H and O–H groups in total. The maximum Gasteiger partial charge on any atom is 0.274 e. The second-order valence-corrected chi connectivity index (χ2v) is 5.05. The van der Waals surface area contributed by atoms with E-state index in [0.717, 1.165) is 24.5 Å². The van der Waals surface area contributed by atoms with E-state index in [1.54, 1.807) is 0 Å². The zero-order valence-corrected chi connectivity index (χ0v) is 10.1. The molecule has 4 rings (SSSR count). The average molecular weight is 245 g/mol. The molecule has 1 aliphatic carbocycles. The summed E-state index contributed by atoms with van der Waals surface area (Å²) >= 11 is 0. The first-order valence-electron chi connectivity index (χ1n) is 6.50. The Morgan fingerprint density at radius 2 is 2.22 bits per heavy atom. The van der Waals surface area contributed by atoms with Crippen LogP contribution in [0.25, 0.3) is 11.6 Å². The normalized spacial score (nSPS) is 23.7. The summed E-state index contributed by atoms with van der Waals surface area (Å²) in [5.41, 5.74) is 1.04. The first kappa shape index (κ1) is 10.3. The maximum absolute atomic E-state index is 5.40. The molecule has 1 saturated carbocycles. The molecule has 5 heteroatoms. The summed E-state index contributed by atoms with van der Waals surface area (Å²) in [7, 11) is 0. The molecule has 94 valence electrons. The van der Waals surface area contributed by atoms with Gasteiger partial charge in [0.05, 0.1) is 6.61 Å². The van der Waals surface area contributed by atoms with E-state index in [0.29, 0.717) is 24.5 Å². The molecule has 5 nitrogen and oxygen atoms in total. The van der Waals surface area contributed by atoms with Crippen molar-refractivity contribution in [3.63, 3.8) is 0 Å². The van der Waals surface area contributed by atoms with Gasteiger partial charge in [0.15, 0.2) is 5.82 Å². The summed E-state index contributed by atoms with van der Waals surface area (Å²) in [5, 5.41) is 4.10. The lowest BCUT2D eigenvalue weighted by molar-refractivity contribution is 0.192. The first-order valence-corrected chi connectivity index (χ1v) is 6.50. The second kappa shape index (κ2) is 3.95. The SMILES string of the molecule is c1cc(-c2nc([C@H]3CCOC3)no2)n(C2CC2)c1. The van der Waals surface area contributed by atoms with Gasteiger partial charge in [-0.25, -0.2) is 0 Å². The molecule has 1 atom stereocenters. The minimum atomic E-state index is 0.298. The lowest BCUT2D eigenvalue weighted by Crippen LogP contribution is -2.00. The van der Waals surface area contributed by atoms with Crippen LogP contribution >= 0.6 is 0 Å². The number of ether oxygens (including phenoxy) is 1. The van der Waals surface area contributed by atoms with Crippen molar-refractivity contribution in [2.75, 3.05) is 13.2 Å². The van der Waals surface area contributed by atoms with Crippen LogP contribution in [0.15, 0.2) is 22.9 Å². The minimum Gasteiger partial charge on any atom is -0.381 e. The summed E-state index contributed by atoms with van der Waals surface area (Å²) in [6.45, 7) is 1.51. The van der Waals surface area contributed by atoms with Gasteiger partial charge in [0, 0.05) is 24.8 Å². The van der Waals surface area contributed by atoms with Crippen LogP contribution in [0.5, 0.6) is 0 Å². The van der Waals surface area contributed by atoms with Crippen molar-refractivity contribution in [3.8, 4) is 11.6 Å². The molecule has 0 bridgehead atoms. The van der Waals surface area contributed by atoms with Gasteiger partial charge in [0.2, 0.25) is 0 Å². The van der Waals surface area contributed by atoms with Crippen molar-refractivity contribution in [1.29, 1.82) is 0 Å². The Morgan fingerprint density at radius 3 is 3.00 bits per heavy atom. The molecular formula is C13H15N3O2. The molecule has 0 amide bonds. The molecule has 2 aliphatic rings. The molecule has 0 unspecified atom stereocenters. The highest BCUT2D eigenvalue weighted by Gasteiger charge is 2.28. The quantitative estimate of drug-likeness (QED) is 0.833. The van der Waals surface area contributed by atoms with Gasteiger partial charge in [-0.2, -0.15) is 4.98 Å². The molecule has 0 aromatic carbocycles. The largest absolute Gasteiger partial charge is 0.381 e. The monoisotopic (exact) mass is 245 g/mol. The highest BCUT2D eigenvalue weighted by molar-refractivity contribution is 5.48. The fraction of sp³-hybridized carbons (Fsp3) is 0.538. The average Bonchev–Trinajstić information content (AvgIpc) is 2.91. The number of aromatic nitrogens is 3. The summed E-state index contributed by atoms with van der Waals surface area (Å²) in [5.74, 6) is 1.71. The summed E-state index contributed by atoms with van der Waals surface area (Å²) in [6, 6.07) is 4.71. The van der Waals surface area contributed by atoms with Crippen molar-refractivity contribution >= 4 is 0 Å². The predicted octanol–water partition coefficient (Wildman–Crippen LogP) is 2.38. The van der Waals surface area contributed by atoms with Gasteiger partial charge in [-0.1, -0.05) is 5.16 Å². The number of hydrogen-bond acceptors (Lipinski definition) is 4. The van der Waals surface area contributed by atoms with E-state index in [-0.39, 0.29) is 0 Å². The minimum absolute atomic E-state index is 0.298. The Balaban J connectivity index is 1.65. The zero-order chi connectivity index (χ0) is 11.9. The van der Waals surface area contributed by atoms with Gasteiger partial charge in [-0.05, 0) is 31.4 Å². The fourth-order valence-corrected chi connectivity index (χ4v) is 2.49. The van der Waals surface area contributed by atoms with Crippen molar-refractivity contribution in [2.45, 2.75) is 31.2 Å². The van der Waals surface area contributed by atoms with Gasteiger partial charge in [-0.3, -0.25) is 0 Å². The van der Waals surface area contributed by atoms with E-state index < -0.39 is 0 Å². The van der Waals surface area contributed by atoms with Crippen LogP contribution in [0.1, 0.15) is 37.0 Å². The molecule has 0 spiro atoms. The van der Waals surface area contributed by atoms with Crippen LogP contribution in [0, 0.1) is 0 Å². The summed E-state index contributed by atoms with van der Waals surface area (Å²) in [4.78, 5) is 4.53. The molecule has 1 saturated heterocycles. The van der Waals surface area contributed by atoms with Gasteiger partial charge >= 0.3 is 0 Å². The lowest BCUT2D eigenvalue weighted by Gasteiger charge is -2.02. The smallest absolute Gasteiger partial charge is 0.274 e. The Kier molecular flexibility index (Phi) is 2.26. The highest BCUT2D eigenvalue weighted by Crippen LogP contribution is 2.38. The molecule has 2 fully saturated rings. The fourth-order valence-electron chi connectivity index (χ4n) is 2.49. The van der Waals surface area contributed by atoms with E-state index in [2.05, 4.69) is 20.9 Å². The Hall–Kier alpha value is -1.62. The molecular weight excluding hydrogens is 230 g/mol. The number of hydrogen-bond donors (Lipinski definition) is 0. The van der Waals surface area contributed by atoms with Crippen LogP contribution in [0.2, 0.25) is 0 Å². The van der Waals surface area contributed by atoms with E-state index in [9.17, 15) is 0 Å². The van der Waals surface area contributed by atoms with Gasteiger partial charge < -0.3 is 13.8 Å². The van der Waals surface area contributed by atoms with E-state index in [1.165, 1.54) is 12.8 Å². The number of nitrogens with zero attached hydrogens (tertiary/aromatic N) is 3. The van der Waals surface area contributed by atoms with Crippen molar-refractivity contribution < 1.29 is 9.26 Å². The standard InChI is InChI=1S/C13H15N3O2/c1-2-11(16(6-1)10-3-4-10)13-14-12(15-18-13)9-5-7-17-8-9/h1-2,6,9-10H,3-5,7-8H2/t9-/m0/s1. The molecule has 3 heterocycles. The van der Waals surface area contributed by atoms with E-state index in [1.807, 2.05) is 12.1 Å². The third kappa shape index (κ3) is 1.66. The summed E-state index contributed by atoms with van der Waals surface area (Å²) < 4.78 is 13.0. The molecule has 2 aromatic heterocycles. The Bertz CT molecular complexity index is 550. The van der Waals surface area contributed by atoms with E-state index >= 15 is 0 Å². The van der Waals surface area contributed by atoms with Crippen LogP contribution in [0.4, 0.5) is 0 Å². The van der Waals surface area contributed by atoms with Crippen LogP contribution in [0.3, 0.4) is 0 Å². The van der Waals surface area contributed by atoms with Crippen LogP contribution in [-0.2, 0) is 4.74 Å². The van der Waals surface area contributed by atoms with Crippen LogP contribution in [-0.4, -0.2) is 27.9 Å². The molecule has 0 radical (unpaired) electrons. The van der Waals surface area contributed by atoms with E-state index in [4.69, 9.17) is 9.26 Å². The first-order chi connectivity index (χ1) is 8.92. The second-order valence-electron chi connectivity index (χ2n) is 5.05. The molecule has 18 heavy (non-hydrogen) atoms. The van der Waals surface area contributed by atoms with Gasteiger partial charge in [-0.15, -0.1) is 0 Å². The van der Waals surface area contributed by atoms with Gasteiger partial charge in [0.25, 0.3) is 5.89 Å². The third-order valence-electron chi connectivity index (χ3n) is 3.67. The number of rotatable bonds is 3. The molecule has 2 aromatic rings. The topological polar surface area (TPSA) is 53.1 Å².